The van der Waals surface area contributed by atoms with Crippen molar-refractivity contribution < 1.29 is 67.7 Å². The Kier molecular flexibility index (Phi) is 17.8. The van der Waals surface area contributed by atoms with Gasteiger partial charge < -0.3 is 28.7 Å². The van der Waals surface area contributed by atoms with E-state index in [1.165, 1.54) is 0 Å². The van der Waals surface area contributed by atoms with Crippen LogP contribution in [0.15, 0.2) is 0 Å². The summed E-state index contributed by atoms with van der Waals surface area (Å²) in [5.41, 5.74) is 0. The Bertz CT molecular complexity index is 134. The summed E-state index contributed by atoms with van der Waals surface area (Å²) in [5, 5.41) is 0. The van der Waals surface area contributed by atoms with E-state index >= 15 is 0 Å². The van der Waals surface area contributed by atoms with Gasteiger partial charge in [0.05, 0.1) is 0 Å². The second-order valence-corrected chi connectivity index (χ2v) is 4.63. The van der Waals surface area contributed by atoms with Crippen molar-refractivity contribution in [1.82, 2.24) is 0 Å². The van der Waals surface area contributed by atoms with Crippen LogP contribution in [0.25, 0.3) is 0 Å². The number of rotatable bonds is 0. The molecule has 0 spiro atoms. The topological polar surface area (TPSA) is 126 Å². The van der Waals surface area contributed by atoms with Gasteiger partial charge in [0, 0.05) is 0 Å². The molecule has 0 atom stereocenters. The maximum atomic E-state index is 9.10. The third-order valence-electron chi connectivity index (χ3n) is 0. The first-order valence-corrected chi connectivity index (χ1v) is 5.97. The Labute approximate surface area is 96.0 Å². The normalized spacial score (nSPS) is 9.83. The molecule has 64 valence electrons. The molecule has 0 saturated carbocycles. The third kappa shape index (κ3) is 537. The van der Waals surface area contributed by atoms with Gasteiger partial charge in [-0.15, -0.1) is 0 Å². The van der Waals surface area contributed by atoms with Gasteiger partial charge in [-0.2, -0.15) is 0 Å². The Hall–Kier alpha value is 1.55. The van der Waals surface area contributed by atoms with Crippen molar-refractivity contribution in [3.05, 3.63) is 0 Å². The second kappa shape index (κ2) is 9.12. The fourth-order valence-corrected chi connectivity index (χ4v) is 0. The van der Waals surface area contributed by atoms with Crippen LogP contribution >= 0.6 is 15.2 Å². The molecule has 10 heteroatoms. The predicted octanol–water partition coefficient (Wildman–Crippen LogP) is -2.95. The van der Waals surface area contributed by atoms with Gasteiger partial charge in [-0.1, -0.05) is 15.2 Å². The maximum Gasteiger partial charge on any atom is 2.00 e. The van der Waals surface area contributed by atoms with Crippen molar-refractivity contribution in [1.29, 1.82) is 0 Å². The van der Waals surface area contributed by atoms with Gasteiger partial charge >= 0.3 is 39.0 Å². The average Bonchev–Trinajstić information content (AvgIpc) is 1.12. The summed E-state index contributed by atoms with van der Waals surface area (Å²) in [6, 6.07) is 0. The molecule has 0 rings (SSSR count). The zero-order chi connectivity index (χ0) is 9.00. The van der Waals surface area contributed by atoms with Crippen molar-refractivity contribution in [3.63, 3.8) is 0 Å². The van der Waals surface area contributed by atoms with Crippen molar-refractivity contribution >= 4 is 15.2 Å². The van der Waals surface area contributed by atoms with E-state index in [1.54, 1.807) is 0 Å². The van der Waals surface area contributed by atoms with E-state index in [0.29, 0.717) is 13.3 Å². The zero-order valence-electron chi connectivity index (χ0n) is 6.76. The van der Waals surface area contributed by atoms with Crippen LogP contribution in [-0.4, -0.2) is 13.3 Å². The molecular formula is C2H6O6P2Zn2. The molecule has 0 bridgehead atoms. The molecule has 0 radical (unpaired) electrons. The molecule has 0 aromatic heterocycles. The second-order valence-electron chi connectivity index (χ2n) is 1.54. The molecule has 0 aromatic rings. The molecule has 0 aliphatic rings. The first kappa shape index (κ1) is 23.4. The smallest absolute Gasteiger partial charge is 0.811 e. The Balaban J connectivity index is -0.0000000457. The van der Waals surface area contributed by atoms with Crippen LogP contribution in [0.1, 0.15) is 0 Å². The van der Waals surface area contributed by atoms with Gasteiger partial charge in [-0.3, -0.25) is 0 Å². The largest absolute Gasteiger partial charge is 2.00 e. The van der Waals surface area contributed by atoms with E-state index in [-0.39, 0.29) is 39.0 Å². The molecule has 0 heterocycles. The molecular weight excluding hydrogens is 313 g/mol. The molecule has 6 nitrogen and oxygen atoms in total. The van der Waals surface area contributed by atoms with E-state index in [4.69, 9.17) is 28.7 Å². The molecule has 0 aliphatic heterocycles. The Morgan fingerprint density at radius 3 is 0.750 bits per heavy atom. The summed E-state index contributed by atoms with van der Waals surface area (Å²) in [4.78, 5) is 36.4. The molecule has 0 unspecified atom stereocenters. The third-order valence-corrected chi connectivity index (χ3v) is 0. The average molecular weight is 319 g/mol. The SMILES string of the molecule is CP(=O)([O-])[O-].CP(=O)([O-])[O-].[Zn+2].[Zn+2]. The van der Waals surface area contributed by atoms with Gasteiger partial charge in [0.15, 0.2) is 0 Å². The molecule has 12 heavy (non-hydrogen) atoms. The predicted molar refractivity (Wildman–Crippen MR) is 27.1 cm³/mol. The van der Waals surface area contributed by atoms with E-state index in [1.807, 2.05) is 0 Å². The molecule has 0 N–H and O–H groups in total. The van der Waals surface area contributed by atoms with Crippen LogP contribution < -0.4 is 19.6 Å². The molecule has 0 aliphatic carbocycles. The zero-order valence-corrected chi connectivity index (χ0v) is 14.5. The molecule has 0 saturated heterocycles. The van der Waals surface area contributed by atoms with Crippen LogP contribution in [0.5, 0.6) is 0 Å². The fraction of sp³-hybridized carbons (Fsp3) is 1.00. The van der Waals surface area contributed by atoms with Crippen molar-refractivity contribution in [2.24, 2.45) is 0 Å². The number of hydrogen-bond donors (Lipinski definition) is 0. The van der Waals surface area contributed by atoms with E-state index < -0.39 is 15.2 Å². The van der Waals surface area contributed by atoms with Crippen molar-refractivity contribution in [3.8, 4) is 0 Å². The fourth-order valence-electron chi connectivity index (χ4n) is 0. The quantitative estimate of drug-likeness (QED) is 0.347. The van der Waals surface area contributed by atoms with E-state index in [0.717, 1.165) is 0 Å². The van der Waals surface area contributed by atoms with Crippen LogP contribution in [0.4, 0.5) is 0 Å². The molecule has 0 fully saturated rings. The van der Waals surface area contributed by atoms with E-state index in [9.17, 15) is 0 Å². The van der Waals surface area contributed by atoms with Gasteiger partial charge in [0.2, 0.25) is 0 Å². The van der Waals surface area contributed by atoms with Gasteiger partial charge in [0.25, 0.3) is 0 Å². The van der Waals surface area contributed by atoms with Gasteiger partial charge in [0.1, 0.15) is 0 Å². The van der Waals surface area contributed by atoms with Crippen LogP contribution in [0, 0.1) is 0 Å². The minimum absolute atomic E-state index is 0. The standard InChI is InChI=1S/2CH5O3P.2Zn/c2*1-5(2,3)4;;/h2*1H3,(H2,2,3,4);;/q;;2*+2/p-4. The summed E-state index contributed by atoms with van der Waals surface area (Å²) in [7, 11) is -8.28. The summed E-state index contributed by atoms with van der Waals surface area (Å²) < 4.78 is 18.2. The molecule has 0 amide bonds. The first-order chi connectivity index (χ1) is 4.00. The minimum atomic E-state index is -4.14. The monoisotopic (exact) mass is 316 g/mol. The van der Waals surface area contributed by atoms with Gasteiger partial charge in [-0.25, -0.2) is 0 Å². The molecule has 0 aromatic carbocycles. The number of hydrogen-bond acceptors (Lipinski definition) is 6. The van der Waals surface area contributed by atoms with Crippen LogP contribution in [0.2, 0.25) is 0 Å². The van der Waals surface area contributed by atoms with Gasteiger partial charge in [-0.05, 0) is 13.3 Å². The minimum Gasteiger partial charge on any atom is -0.811 e. The van der Waals surface area contributed by atoms with Crippen molar-refractivity contribution in [2.45, 2.75) is 0 Å². The summed E-state index contributed by atoms with van der Waals surface area (Å²) >= 11 is 0. The van der Waals surface area contributed by atoms with Crippen molar-refractivity contribution in [2.75, 3.05) is 13.3 Å². The van der Waals surface area contributed by atoms with E-state index in [2.05, 4.69) is 0 Å². The maximum absolute atomic E-state index is 9.10. The summed E-state index contributed by atoms with van der Waals surface area (Å²) in [6.07, 6.45) is 0. The summed E-state index contributed by atoms with van der Waals surface area (Å²) in [6.45, 7) is 1.26. The Morgan fingerprint density at radius 2 is 0.750 bits per heavy atom. The Morgan fingerprint density at radius 1 is 0.750 bits per heavy atom. The van der Waals surface area contributed by atoms with Crippen LogP contribution in [-0.2, 0) is 48.1 Å². The first-order valence-electron chi connectivity index (χ1n) is 1.99. The van der Waals surface area contributed by atoms with Crippen LogP contribution in [0.3, 0.4) is 0 Å². The summed E-state index contributed by atoms with van der Waals surface area (Å²) in [5.74, 6) is 0.